The quantitative estimate of drug-likeness (QED) is 0.680. The molecule has 9 nitrogen and oxygen atoms in total. The van der Waals surface area contributed by atoms with Crippen molar-refractivity contribution in [2.24, 2.45) is 0 Å². The molecule has 3 aromatic heterocycles. The van der Waals surface area contributed by atoms with Crippen LogP contribution in [0.4, 0.5) is 5.82 Å². The van der Waals surface area contributed by atoms with Crippen LogP contribution in [0.5, 0.6) is 0 Å². The lowest BCUT2D eigenvalue weighted by atomic mass is 10.2. The summed E-state index contributed by atoms with van der Waals surface area (Å²) in [5, 5.41) is 9.31. The van der Waals surface area contributed by atoms with E-state index in [2.05, 4.69) is 15.0 Å². The Morgan fingerprint density at radius 2 is 2.20 bits per heavy atom. The molecule has 0 bridgehead atoms. The molecule has 3 heterocycles. The van der Waals surface area contributed by atoms with Crippen molar-refractivity contribution < 1.29 is 14.3 Å². The Kier molecular flexibility index (Phi) is 4.66. The number of hydrogen-bond acceptors (Lipinski definition) is 7. The lowest BCUT2D eigenvalue weighted by Gasteiger charge is -2.25. The first kappa shape index (κ1) is 16.9. The van der Waals surface area contributed by atoms with Gasteiger partial charge in [-0.15, -0.1) is 0 Å². The molecule has 3 rings (SSSR count). The van der Waals surface area contributed by atoms with E-state index in [1.165, 1.54) is 12.7 Å². The summed E-state index contributed by atoms with van der Waals surface area (Å²) in [7, 11) is 0. The molecule has 1 atom stereocenters. The summed E-state index contributed by atoms with van der Waals surface area (Å²) in [6.07, 6.45) is 2.86. The minimum atomic E-state index is -0.568. The normalized spacial score (nSPS) is 12.4. The predicted octanol–water partition coefficient (Wildman–Crippen LogP) is 0.892. The largest absolute Gasteiger partial charge is 0.464 e. The van der Waals surface area contributed by atoms with Crippen LogP contribution in [0.2, 0.25) is 0 Å². The van der Waals surface area contributed by atoms with E-state index >= 15 is 0 Å². The van der Waals surface area contributed by atoms with Crippen LogP contribution >= 0.6 is 0 Å². The van der Waals surface area contributed by atoms with Crippen molar-refractivity contribution in [1.29, 1.82) is 0 Å². The van der Waals surface area contributed by atoms with Crippen LogP contribution in [0.15, 0.2) is 29.2 Å². The van der Waals surface area contributed by atoms with Crippen molar-refractivity contribution in [1.82, 2.24) is 24.4 Å². The molecule has 9 heteroatoms. The number of anilines is 1. The molecule has 0 aliphatic carbocycles. The second-order valence-corrected chi connectivity index (χ2v) is 5.75. The van der Waals surface area contributed by atoms with E-state index in [1.807, 2.05) is 19.1 Å². The Morgan fingerprint density at radius 3 is 2.88 bits per heavy atom. The van der Waals surface area contributed by atoms with Gasteiger partial charge in [0.05, 0.1) is 19.5 Å². The van der Waals surface area contributed by atoms with Crippen LogP contribution in [0, 0.1) is 6.92 Å². The number of rotatable bonds is 6. The fraction of sp³-hybridized carbons (Fsp3) is 0.375. The molecule has 0 saturated heterocycles. The van der Waals surface area contributed by atoms with Crippen LogP contribution in [-0.4, -0.2) is 48.6 Å². The minimum Gasteiger partial charge on any atom is -0.464 e. The number of amides is 1. The van der Waals surface area contributed by atoms with Crippen LogP contribution in [0.1, 0.15) is 24.5 Å². The number of hydrogen-bond donors (Lipinski definition) is 2. The average Bonchev–Trinajstić information content (AvgIpc) is 3.20. The van der Waals surface area contributed by atoms with E-state index in [-0.39, 0.29) is 31.4 Å². The molecule has 25 heavy (non-hydrogen) atoms. The zero-order valence-electron chi connectivity index (χ0n) is 14.1. The van der Waals surface area contributed by atoms with Crippen molar-refractivity contribution in [2.45, 2.75) is 26.4 Å². The summed E-state index contributed by atoms with van der Waals surface area (Å²) in [5.41, 5.74) is 6.74. The zero-order valence-corrected chi connectivity index (χ0v) is 14.1. The molecule has 132 valence electrons. The van der Waals surface area contributed by atoms with Gasteiger partial charge in [-0.2, -0.15) is 0 Å². The van der Waals surface area contributed by atoms with Gasteiger partial charge in [-0.25, -0.2) is 15.0 Å². The molecule has 0 fully saturated rings. The molecule has 1 unspecified atom stereocenters. The Bertz CT molecular complexity index is 887. The molecule has 1 amide bonds. The van der Waals surface area contributed by atoms with Crippen LogP contribution < -0.4 is 5.73 Å². The summed E-state index contributed by atoms with van der Waals surface area (Å²) in [6, 6.07) is 3.09. The number of carbonyl (C=O) groups is 1. The number of aliphatic hydroxyl groups is 1. The van der Waals surface area contributed by atoms with Crippen molar-refractivity contribution >= 4 is 22.9 Å². The highest BCUT2D eigenvalue weighted by atomic mass is 16.3. The van der Waals surface area contributed by atoms with Gasteiger partial charge in [0.25, 0.3) is 0 Å². The van der Waals surface area contributed by atoms with Crippen molar-refractivity contribution in [3.8, 4) is 0 Å². The Balaban J connectivity index is 1.86. The molecule has 0 aromatic carbocycles. The highest BCUT2D eigenvalue weighted by Gasteiger charge is 2.25. The maximum absolute atomic E-state index is 12.9. The third-order valence-corrected chi connectivity index (χ3v) is 3.99. The summed E-state index contributed by atoms with van der Waals surface area (Å²) in [6.45, 7) is 3.93. The third kappa shape index (κ3) is 3.31. The number of carbonyl (C=O) groups excluding carboxylic acids is 1. The van der Waals surface area contributed by atoms with Gasteiger partial charge < -0.3 is 24.7 Å². The molecule has 3 N–H and O–H groups in total. The predicted molar refractivity (Wildman–Crippen MR) is 90.4 cm³/mol. The number of aryl methyl sites for hydroxylation is 1. The van der Waals surface area contributed by atoms with Crippen LogP contribution in [-0.2, 0) is 11.3 Å². The first-order chi connectivity index (χ1) is 12.0. The number of fused-ring (bicyclic) bond motifs is 1. The Hall–Kier alpha value is -2.94. The molecule has 3 aromatic rings. The highest BCUT2D eigenvalue weighted by Crippen LogP contribution is 2.21. The van der Waals surface area contributed by atoms with Crippen molar-refractivity contribution in [3.05, 3.63) is 36.3 Å². The third-order valence-electron chi connectivity index (χ3n) is 3.99. The monoisotopic (exact) mass is 344 g/mol. The Morgan fingerprint density at radius 1 is 1.40 bits per heavy atom. The van der Waals surface area contributed by atoms with Gasteiger partial charge in [-0.1, -0.05) is 0 Å². The number of furan rings is 1. The van der Waals surface area contributed by atoms with E-state index in [9.17, 15) is 9.90 Å². The first-order valence-corrected chi connectivity index (χ1v) is 7.89. The van der Waals surface area contributed by atoms with E-state index in [0.29, 0.717) is 16.9 Å². The van der Waals surface area contributed by atoms with E-state index in [0.717, 1.165) is 5.76 Å². The maximum Gasteiger partial charge on any atom is 0.245 e. The fourth-order valence-corrected chi connectivity index (χ4v) is 2.68. The zero-order chi connectivity index (χ0) is 18.0. The molecular weight excluding hydrogens is 324 g/mol. The van der Waals surface area contributed by atoms with Gasteiger partial charge in [0, 0.05) is 6.54 Å². The number of aliphatic hydroxyl groups excluding tert-OH is 1. The van der Waals surface area contributed by atoms with Gasteiger partial charge in [-0.3, -0.25) is 4.79 Å². The molecule has 0 aliphatic heterocycles. The molecule has 0 spiro atoms. The van der Waals surface area contributed by atoms with Crippen LogP contribution in [0.25, 0.3) is 11.2 Å². The standard InChI is InChI=1S/C16H20N6O3/c1-10-3-4-12(25-10)7-21(5-6-23)16(24)11(2)22-9-20-13-14(17)18-8-19-15(13)22/h3-4,8-9,11,23H,5-7H2,1-2H3,(H2,17,18,19). The summed E-state index contributed by atoms with van der Waals surface area (Å²) < 4.78 is 7.18. The second kappa shape index (κ2) is 6.89. The number of nitrogens with two attached hydrogens (primary N) is 1. The van der Waals surface area contributed by atoms with E-state index < -0.39 is 6.04 Å². The smallest absolute Gasteiger partial charge is 0.245 e. The molecule has 0 saturated carbocycles. The Labute approximate surface area is 144 Å². The van der Waals surface area contributed by atoms with Gasteiger partial charge in [0.15, 0.2) is 11.5 Å². The van der Waals surface area contributed by atoms with Crippen LogP contribution in [0.3, 0.4) is 0 Å². The van der Waals surface area contributed by atoms with Crippen molar-refractivity contribution in [2.75, 3.05) is 18.9 Å². The first-order valence-electron chi connectivity index (χ1n) is 7.89. The second-order valence-electron chi connectivity index (χ2n) is 5.75. The summed E-state index contributed by atoms with van der Waals surface area (Å²) in [5.74, 6) is 1.52. The number of aromatic nitrogens is 4. The number of nitrogen functional groups attached to an aromatic ring is 1. The fourth-order valence-electron chi connectivity index (χ4n) is 2.68. The molecule has 0 radical (unpaired) electrons. The lowest BCUT2D eigenvalue weighted by Crippen LogP contribution is -2.37. The van der Waals surface area contributed by atoms with E-state index in [1.54, 1.807) is 16.4 Å². The SMILES string of the molecule is Cc1ccc(CN(CCO)C(=O)C(C)n2cnc3c(N)ncnc32)o1. The number of imidazole rings is 1. The molecule has 0 aliphatic rings. The summed E-state index contributed by atoms with van der Waals surface area (Å²) in [4.78, 5) is 26.7. The van der Waals surface area contributed by atoms with Gasteiger partial charge in [-0.05, 0) is 26.0 Å². The van der Waals surface area contributed by atoms with Gasteiger partial charge in [0.2, 0.25) is 5.91 Å². The van der Waals surface area contributed by atoms with Gasteiger partial charge >= 0.3 is 0 Å². The lowest BCUT2D eigenvalue weighted by molar-refractivity contribution is -0.135. The topological polar surface area (TPSA) is 123 Å². The van der Waals surface area contributed by atoms with Gasteiger partial charge in [0.1, 0.15) is 29.4 Å². The number of nitrogens with zero attached hydrogens (tertiary/aromatic N) is 5. The van der Waals surface area contributed by atoms with Crippen molar-refractivity contribution in [3.63, 3.8) is 0 Å². The molecular formula is C16H20N6O3. The minimum absolute atomic E-state index is 0.141. The summed E-state index contributed by atoms with van der Waals surface area (Å²) >= 11 is 0. The van der Waals surface area contributed by atoms with E-state index in [4.69, 9.17) is 10.2 Å². The highest BCUT2D eigenvalue weighted by molar-refractivity contribution is 5.85. The maximum atomic E-state index is 12.9. The average molecular weight is 344 g/mol.